The van der Waals surface area contributed by atoms with Crippen LogP contribution < -0.4 is 14.4 Å². The quantitative estimate of drug-likeness (QED) is 0.181. The maximum Gasteiger partial charge on any atom is 0.301 e. The molecule has 0 aliphatic carbocycles. The zero-order valence-corrected chi connectivity index (χ0v) is 22.4. The molecule has 9 heteroatoms. The second kappa shape index (κ2) is 9.00. The molecule has 1 unspecified atom stereocenters. The topological polar surface area (TPSA) is 89.0 Å². The number of halogens is 1. The summed E-state index contributed by atoms with van der Waals surface area (Å²) in [6.07, 6.45) is 0. The van der Waals surface area contributed by atoms with Crippen molar-refractivity contribution >= 4 is 60.1 Å². The SMILES string of the molecule is Cc1cc(C)c2nc(N3C(=O)C(=O)C(=C(O)c4ccc5c(c4)OCCO5)C3c3cccc(Br)c3)sc2c1. The number of aliphatic hydroxyl groups excluding tert-OH is 1. The number of thiazole rings is 1. The minimum absolute atomic E-state index is 0.00747. The second-order valence-electron chi connectivity index (χ2n) is 9.01. The molecule has 3 aromatic carbocycles. The lowest BCUT2D eigenvalue weighted by Crippen LogP contribution is -2.29. The van der Waals surface area contributed by atoms with E-state index in [0.29, 0.717) is 41.0 Å². The Morgan fingerprint density at radius 2 is 1.84 bits per heavy atom. The first-order chi connectivity index (χ1) is 17.8. The Balaban J connectivity index is 1.55. The van der Waals surface area contributed by atoms with E-state index < -0.39 is 17.7 Å². The van der Waals surface area contributed by atoms with Crippen molar-refractivity contribution in [3.63, 3.8) is 0 Å². The molecule has 3 heterocycles. The van der Waals surface area contributed by atoms with Gasteiger partial charge < -0.3 is 14.6 Å². The predicted molar refractivity (Wildman–Crippen MR) is 145 cm³/mol. The van der Waals surface area contributed by atoms with E-state index >= 15 is 0 Å². The number of ketones is 1. The summed E-state index contributed by atoms with van der Waals surface area (Å²) in [6, 6.07) is 15.5. The van der Waals surface area contributed by atoms with E-state index in [-0.39, 0.29) is 11.3 Å². The molecule has 1 atom stereocenters. The number of hydrogen-bond donors (Lipinski definition) is 1. The number of nitrogens with zero attached hydrogens (tertiary/aromatic N) is 2. The maximum atomic E-state index is 13.5. The van der Waals surface area contributed by atoms with Crippen LogP contribution >= 0.6 is 27.3 Å². The molecular formula is C28H21BrN2O5S. The Bertz CT molecular complexity index is 1640. The van der Waals surface area contributed by atoms with Gasteiger partial charge in [-0.05, 0) is 66.9 Å². The standard InChI is InChI=1S/C28H21BrN2O5S/c1-14-10-15(2)23-21(11-14)37-28(30-23)31-24(16-4-3-5-18(29)12-16)22(26(33)27(31)34)25(32)17-6-7-19-20(13-17)36-9-8-35-19/h3-7,10-13,24,32H,8-9H2,1-2H3. The molecule has 1 aromatic heterocycles. The number of rotatable bonds is 3. The fraction of sp³-hybridized carbons (Fsp3) is 0.179. The van der Waals surface area contributed by atoms with Gasteiger partial charge in [-0.3, -0.25) is 14.5 Å². The fourth-order valence-corrected chi connectivity index (χ4v) is 6.42. The van der Waals surface area contributed by atoms with Gasteiger partial charge in [0.15, 0.2) is 16.6 Å². The summed E-state index contributed by atoms with van der Waals surface area (Å²) in [5, 5.41) is 11.9. The third-order valence-corrected chi connectivity index (χ3v) is 7.94. The molecule has 0 bridgehead atoms. The monoisotopic (exact) mass is 576 g/mol. The largest absolute Gasteiger partial charge is 0.507 e. The van der Waals surface area contributed by atoms with Crippen molar-refractivity contribution in [2.24, 2.45) is 0 Å². The number of anilines is 1. The van der Waals surface area contributed by atoms with Crippen LogP contribution in [-0.2, 0) is 9.59 Å². The molecule has 1 fully saturated rings. The van der Waals surface area contributed by atoms with E-state index in [1.807, 2.05) is 50.2 Å². The van der Waals surface area contributed by atoms with E-state index in [1.165, 1.54) is 16.2 Å². The lowest BCUT2D eigenvalue weighted by Gasteiger charge is -2.23. The van der Waals surface area contributed by atoms with Crippen LogP contribution in [0.2, 0.25) is 0 Å². The predicted octanol–water partition coefficient (Wildman–Crippen LogP) is 6.07. The normalized spacial score (nSPS) is 18.6. The first-order valence-electron chi connectivity index (χ1n) is 11.7. The van der Waals surface area contributed by atoms with Gasteiger partial charge in [0.2, 0.25) is 0 Å². The molecule has 4 aromatic rings. The number of aliphatic hydroxyl groups is 1. The van der Waals surface area contributed by atoms with Crippen LogP contribution in [0.1, 0.15) is 28.3 Å². The molecule has 0 saturated carbocycles. The van der Waals surface area contributed by atoms with Crippen LogP contribution in [0.5, 0.6) is 11.5 Å². The molecule has 7 nitrogen and oxygen atoms in total. The number of aryl methyl sites for hydroxylation is 2. The van der Waals surface area contributed by atoms with Crippen LogP contribution in [0.3, 0.4) is 0 Å². The van der Waals surface area contributed by atoms with Gasteiger partial charge in [0.05, 0.1) is 21.8 Å². The number of carbonyl (C=O) groups excluding carboxylic acids is 2. The minimum atomic E-state index is -0.868. The molecule has 2 aliphatic heterocycles. The lowest BCUT2D eigenvalue weighted by molar-refractivity contribution is -0.132. The number of ether oxygens (including phenoxy) is 2. The first-order valence-corrected chi connectivity index (χ1v) is 13.3. The number of aromatic nitrogens is 1. The Morgan fingerprint density at radius 3 is 2.62 bits per heavy atom. The Labute approximate surface area is 225 Å². The van der Waals surface area contributed by atoms with Crippen molar-refractivity contribution < 1.29 is 24.2 Å². The highest BCUT2D eigenvalue weighted by Crippen LogP contribution is 2.45. The maximum absolute atomic E-state index is 13.5. The smallest absolute Gasteiger partial charge is 0.301 e. The number of Topliss-reactive ketones (excluding diaryl/α,β-unsaturated/α-hetero) is 1. The molecule has 37 heavy (non-hydrogen) atoms. The molecule has 1 amide bonds. The van der Waals surface area contributed by atoms with Crippen molar-refractivity contribution in [1.82, 2.24) is 4.98 Å². The fourth-order valence-electron chi connectivity index (χ4n) is 4.83. The zero-order valence-electron chi connectivity index (χ0n) is 19.9. The Hall–Kier alpha value is -3.69. The number of hydrogen-bond acceptors (Lipinski definition) is 7. The van der Waals surface area contributed by atoms with Crippen molar-refractivity contribution in [3.05, 3.63) is 86.9 Å². The highest BCUT2D eigenvalue weighted by Gasteiger charge is 2.48. The average Bonchev–Trinajstić information content (AvgIpc) is 3.42. The summed E-state index contributed by atoms with van der Waals surface area (Å²) in [4.78, 5) is 33.2. The number of carbonyl (C=O) groups is 2. The van der Waals surface area contributed by atoms with Crippen LogP contribution in [-0.4, -0.2) is 35.0 Å². The van der Waals surface area contributed by atoms with E-state index in [0.717, 1.165) is 25.8 Å². The molecule has 0 spiro atoms. The Morgan fingerprint density at radius 1 is 1.05 bits per heavy atom. The molecule has 1 N–H and O–H groups in total. The molecular weight excluding hydrogens is 556 g/mol. The number of amides is 1. The molecule has 186 valence electrons. The van der Waals surface area contributed by atoms with Gasteiger partial charge in [0.1, 0.15) is 19.0 Å². The van der Waals surface area contributed by atoms with E-state index in [4.69, 9.17) is 14.5 Å². The number of fused-ring (bicyclic) bond motifs is 2. The van der Waals surface area contributed by atoms with Gasteiger partial charge in [-0.2, -0.15) is 0 Å². The van der Waals surface area contributed by atoms with Crippen LogP contribution in [0.15, 0.2) is 64.6 Å². The van der Waals surface area contributed by atoms with E-state index in [2.05, 4.69) is 15.9 Å². The van der Waals surface area contributed by atoms with E-state index in [9.17, 15) is 14.7 Å². The molecule has 0 radical (unpaired) electrons. The van der Waals surface area contributed by atoms with Crippen molar-refractivity contribution in [2.45, 2.75) is 19.9 Å². The second-order valence-corrected chi connectivity index (χ2v) is 10.9. The van der Waals surface area contributed by atoms with Gasteiger partial charge in [-0.1, -0.05) is 45.5 Å². The van der Waals surface area contributed by atoms with Crippen LogP contribution in [0.25, 0.3) is 16.0 Å². The summed E-state index contributed by atoms with van der Waals surface area (Å²) in [6.45, 7) is 4.80. The summed E-state index contributed by atoms with van der Waals surface area (Å²) in [5.41, 5.74) is 3.88. The van der Waals surface area contributed by atoms with Gasteiger partial charge in [-0.15, -0.1) is 0 Å². The van der Waals surface area contributed by atoms with Crippen LogP contribution in [0, 0.1) is 13.8 Å². The highest BCUT2D eigenvalue weighted by atomic mass is 79.9. The summed E-state index contributed by atoms with van der Waals surface area (Å²) >= 11 is 4.84. The molecule has 2 aliphatic rings. The van der Waals surface area contributed by atoms with Gasteiger partial charge in [-0.25, -0.2) is 4.98 Å². The average molecular weight is 577 g/mol. The third-order valence-electron chi connectivity index (χ3n) is 6.45. The van der Waals surface area contributed by atoms with Crippen molar-refractivity contribution in [3.8, 4) is 11.5 Å². The highest BCUT2D eigenvalue weighted by molar-refractivity contribution is 9.10. The minimum Gasteiger partial charge on any atom is -0.507 e. The summed E-state index contributed by atoms with van der Waals surface area (Å²) in [7, 11) is 0. The van der Waals surface area contributed by atoms with Crippen LogP contribution in [0.4, 0.5) is 5.13 Å². The molecule has 1 saturated heterocycles. The van der Waals surface area contributed by atoms with Gasteiger partial charge in [0, 0.05) is 10.0 Å². The van der Waals surface area contributed by atoms with Gasteiger partial charge in [0.25, 0.3) is 5.78 Å². The Kier molecular flexibility index (Phi) is 5.77. The van der Waals surface area contributed by atoms with Crippen molar-refractivity contribution in [2.75, 3.05) is 18.1 Å². The summed E-state index contributed by atoms with van der Waals surface area (Å²) < 4.78 is 13.0. The van der Waals surface area contributed by atoms with Crippen molar-refractivity contribution in [1.29, 1.82) is 0 Å². The van der Waals surface area contributed by atoms with E-state index in [1.54, 1.807) is 18.2 Å². The molecule has 6 rings (SSSR count). The number of benzene rings is 3. The lowest BCUT2D eigenvalue weighted by atomic mass is 9.95. The zero-order chi connectivity index (χ0) is 25.8. The third kappa shape index (κ3) is 3.98. The first kappa shape index (κ1) is 23.7. The summed E-state index contributed by atoms with van der Waals surface area (Å²) in [5.74, 6) is -0.759. The van der Waals surface area contributed by atoms with Gasteiger partial charge >= 0.3 is 5.91 Å².